The molecule has 0 aliphatic heterocycles. The third kappa shape index (κ3) is 2.06. The highest BCUT2D eigenvalue weighted by atomic mass is 35.5. The van der Waals surface area contributed by atoms with Crippen LogP contribution in [0.25, 0.3) is 0 Å². The summed E-state index contributed by atoms with van der Waals surface area (Å²) in [4.78, 5) is 23.5. The van der Waals surface area contributed by atoms with E-state index in [-0.39, 0.29) is 0 Å². The summed E-state index contributed by atoms with van der Waals surface area (Å²) in [6, 6.07) is 0. The van der Waals surface area contributed by atoms with E-state index in [0.717, 1.165) is 0 Å². The first kappa shape index (κ1) is 12.2. The lowest BCUT2D eigenvalue weighted by atomic mass is 10.1. The van der Waals surface area contributed by atoms with Gasteiger partial charge in [0, 0.05) is 0 Å². The van der Waals surface area contributed by atoms with Crippen LogP contribution in [0.2, 0.25) is 0 Å². The lowest BCUT2D eigenvalue weighted by Crippen LogP contribution is -2.09. The molecule has 0 aromatic carbocycles. The number of nitrogens with two attached hydrogens (primary N) is 1. The number of alkyl halides is 2. The predicted octanol–water partition coefficient (Wildman–Crippen LogP) is 1.89. The molecule has 2 N–H and O–H groups in total. The third-order valence-corrected chi connectivity index (χ3v) is 1.93. The van der Waals surface area contributed by atoms with Gasteiger partial charge < -0.3 is 5.73 Å². The van der Waals surface area contributed by atoms with Crippen molar-refractivity contribution in [3.63, 3.8) is 0 Å². The van der Waals surface area contributed by atoms with Crippen LogP contribution in [0.5, 0.6) is 0 Å². The molecule has 0 saturated carbocycles. The topological polar surface area (TPSA) is 99.1 Å². The van der Waals surface area contributed by atoms with E-state index in [4.69, 9.17) is 17.3 Å². The molecular formula is C7H4ClF2N3O3. The molecule has 16 heavy (non-hydrogen) atoms. The number of rotatable bonds is 3. The Hall–Kier alpha value is -1.83. The molecule has 1 aromatic rings. The van der Waals surface area contributed by atoms with Crippen molar-refractivity contribution in [2.75, 3.05) is 5.73 Å². The quantitative estimate of drug-likeness (QED) is 0.502. The molecule has 1 aromatic heterocycles. The molecule has 6 nitrogen and oxygen atoms in total. The van der Waals surface area contributed by atoms with Gasteiger partial charge in [0.2, 0.25) is 0 Å². The standard InChI is InChI=1S/C7H4ClF2N3O3/c8-5(14)3-2(13(15)16)1-12-7(11)4(3)6(9)10/h1,6H,(H2,11,12). The van der Waals surface area contributed by atoms with Gasteiger partial charge in [-0.2, -0.15) is 0 Å². The number of nitrogen functional groups attached to an aromatic ring is 1. The summed E-state index contributed by atoms with van der Waals surface area (Å²) in [5, 5.41) is 9.10. The zero-order chi connectivity index (χ0) is 12.5. The van der Waals surface area contributed by atoms with Gasteiger partial charge >= 0.3 is 0 Å². The van der Waals surface area contributed by atoms with Gasteiger partial charge in [0.1, 0.15) is 17.6 Å². The van der Waals surface area contributed by atoms with E-state index in [1.165, 1.54) is 0 Å². The monoisotopic (exact) mass is 251 g/mol. The third-order valence-electron chi connectivity index (χ3n) is 1.74. The molecule has 0 spiro atoms. The fourth-order valence-electron chi connectivity index (χ4n) is 1.10. The Morgan fingerprint density at radius 2 is 2.19 bits per heavy atom. The smallest absolute Gasteiger partial charge is 0.300 e. The van der Waals surface area contributed by atoms with Gasteiger partial charge in [0.05, 0.1) is 10.5 Å². The van der Waals surface area contributed by atoms with Gasteiger partial charge in [-0.3, -0.25) is 14.9 Å². The van der Waals surface area contributed by atoms with Crippen molar-refractivity contribution in [2.24, 2.45) is 0 Å². The molecule has 0 amide bonds. The first-order chi connectivity index (χ1) is 7.36. The number of hydrogen-bond acceptors (Lipinski definition) is 5. The Bertz CT molecular complexity index is 466. The van der Waals surface area contributed by atoms with Crippen molar-refractivity contribution < 1.29 is 18.5 Å². The van der Waals surface area contributed by atoms with Crippen LogP contribution in [0.4, 0.5) is 20.3 Å². The van der Waals surface area contributed by atoms with Crippen LogP contribution in [0, 0.1) is 10.1 Å². The number of carbonyl (C=O) groups excluding carboxylic acids is 1. The summed E-state index contributed by atoms with van der Waals surface area (Å²) >= 11 is 5.01. The average Bonchev–Trinajstić information content (AvgIpc) is 2.15. The highest BCUT2D eigenvalue weighted by Gasteiger charge is 2.30. The molecular weight excluding hydrogens is 248 g/mol. The summed E-state index contributed by atoms with van der Waals surface area (Å²) in [5.41, 5.74) is 2.26. The van der Waals surface area contributed by atoms with Crippen LogP contribution in [0.3, 0.4) is 0 Å². The SMILES string of the molecule is Nc1ncc([N+](=O)[O-])c(C(=O)Cl)c1C(F)F. The highest BCUT2D eigenvalue weighted by Crippen LogP contribution is 2.33. The number of nitro groups is 1. The molecule has 0 unspecified atom stereocenters. The van der Waals surface area contributed by atoms with Crippen LogP contribution >= 0.6 is 11.6 Å². The minimum atomic E-state index is -3.18. The molecule has 0 atom stereocenters. The lowest BCUT2D eigenvalue weighted by molar-refractivity contribution is -0.385. The number of halogens is 3. The van der Waals surface area contributed by atoms with Crippen molar-refractivity contribution in [1.82, 2.24) is 4.98 Å². The maximum Gasteiger partial charge on any atom is 0.300 e. The molecule has 0 radical (unpaired) electrons. The maximum atomic E-state index is 12.5. The Morgan fingerprint density at radius 3 is 2.56 bits per heavy atom. The van der Waals surface area contributed by atoms with Gasteiger partial charge in [-0.1, -0.05) is 0 Å². The second-order valence-electron chi connectivity index (χ2n) is 2.65. The van der Waals surface area contributed by atoms with Gasteiger partial charge in [-0.05, 0) is 11.6 Å². The number of nitrogens with zero attached hydrogens (tertiary/aromatic N) is 2. The molecule has 0 bridgehead atoms. The molecule has 1 heterocycles. The second-order valence-corrected chi connectivity index (χ2v) is 2.99. The first-order valence-corrected chi connectivity index (χ1v) is 4.14. The summed E-state index contributed by atoms with van der Waals surface area (Å²) in [6.07, 6.45) is -2.57. The normalized spacial score (nSPS) is 10.5. The minimum Gasteiger partial charge on any atom is -0.383 e. The molecule has 1 rings (SSSR count). The van der Waals surface area contributed by atoms with Crippen LogP contribution in [0.15, 0.2) is 6.20 Å². The fraction of sp³-hybridized carbons (Fsp3) is 0.143. The Balaban J connectivity index is 3.63. The first-order valence-electron chi connectivity index (χ1n) is 3.77. The summed E-state index contributed by atoms with van der Waals surface area (Å²) in [7, 11) is 0. The molecule has 0 aliphatic rings. The van der Waals surface area contributed by atoms with E-state index in [0.29, 0.717) is 6.20 Å². The van der Waals surface area contributed by atoms with Gasteiger partial charge in [0.25, 0.3) is 17.4 Å². The molecule has 9 heteroatoms. The van der Waals surface area contributed by atoms with Crippen molar-refractivity contribution in [3.8, 4) is 0 Å². The number of pyridine rings is 1. The number of anilines is 1. The average molecular weight is 252 g/mol. The summed E-state index contributed by atoms with van der Waals surface area (Å²) < 4.78 is 25.1. The van der Waals surface area contributed by atoms with E-state index in [1.54, 1.807) is 0 Å². The largest absolute Gasteiger partial charge is 0.383 e. The maximum absolute atomic E-state index is 12.5. The van der Waals surface area contributed by atoms with Gasteiger partial charge in [-0.25, -0.2) is 13.8 Å². The van der Waals surface area contributed by atoms with Crippen LogP contribution in [-0.4, -0.2) is 15.1 Å². The molecule has 86 valence electrons. The number of hydrogen-bond donors (Lipinski definition) is 1. The van der Waals surface area contributed by atoms with Crippen molar-refractivity contribution in [2.45, 2.75) is 6.43 Å². The van der Waals surface area contributed by atoms with E-state index < -0.39 is 39.2 Å². The Morgan fingerprint density at radius 1 is 1.62 bits per heavy atom. The minimum absolute atomic E-state index is 0.608. The molecule has 0 aliphatic carbocycles. The zero-order valence-electron chi connectivity index (χ0n) is 7.49. The van der Waals surface area contributed by atoms with E-state index in [1.807, 2.05) is 0 Å². The molecule has 0 fully saturated rings. The van der Waals surface area contributed by atoms with E-state index >= 15 is 0 Å². The van der Waals surface area contributed by atoms with Crippen LogP contribution < -0.4 is 5.73 Å². The zero-order valence-corrected chi connectivity index (χ0v) is 8.24. The summed E-state index contributed by atoms with van der Waals surface area (Å²) in [5.74, 6) is -0.662. The van der Waals surface area contributed by atoms with Gasteiger partial charge in [-0.15, -0.1) is 0 Å². The summed E-state index contributed by atoms with van der Waals surface area (Å²) in [6.45, 7) is 0. The number of carbonyl (C=O) groups is 1. The molecule has 0 saturated heterocycles. The number of aromatic nitrogens is 1. The van der Waals surface area contributed by atoms with Crippen molar-refractivity contribution in [3.05, 3.63) is 27.4 Å². The van der Waals surface area contributed by atoms with E-state index in [9.17, 15) is 23.7 Å². The fourth-order valence-corrected chi connectivity index (χ4v) is 1.30. The van der Waals surface area contributed by atoms with E-state index in [2.05, 4.69) is 4.98 Å². The highest BCUT2D eigenvalue weighted by molar-refractivity contribution is 6.68. The Kier molecular flexibility index (Phi) is 3.33. The van der Waals surface area contributed by atoms with Crippen LogP contribution in [-0.2, 0) is 0 Å². The Labute approximate surface area is 92.2 Å². The lowest BCUT2D eigenvalue weighted by Gasteiger charge is -2.07. The van der Waals surface area contributed by atoms with Crippen LogP contribution in [0.1, 0.15) is 22.3 Å². The second kappa shape index (κ2) is 4.35. The van der Waals surface area contributed by atoms with Crippen molar-refractivity contribution in [1.29, 1.82) is 0 Å². The van der Waals surface area contributed by atoms with Gasteiger partial charge in [0.15, 0.2) is 0 Å². The van der Waals surface area contributed by atoms with Crippen molar-refractivity contribution >= 4 is 28.3 Å². The predicted molar refractivity (Wildman–Crippen MR) is 50.4 cm³/mol.